The van der Waals surface area contributed by atoms with E-state index < -0.39 is 0 Å². The van der Waals surface area contributed by atoms with Crippen LogP contribution in [0.5, 0.6) is 0 Å². The Bertz CT molecular complexity index is 1070. The molecule has 0 radical (unpaired) electrons. The average molecular weight is 366 g/mol. The molecule has 0 bridgehead atoms. The Labute approximate surface area is 162 Å². The van der Waals surface area contributed by atoms with Gasteiger partial charge in [0.05, 0.1) is 12.4 Å². The Hall–Kier alpha value is -4.06. The van der Waals surface area contributed by atoms with Crippen molar-refractivity contribution in [1.29, 1.82) is 0 Å². The fourth-order valence-electron chi connectivity index (χ4n) is 2.59. The average Bonchev–Trinajstić information content (AvgIpc) is 3.17. The van der Waals surface area contributed by atoms with Crippen molar-refractivity contribution in [1.82, 2.24) is 14.9 Å². The largest absolute Gasteiger partial charge is 0.266 e. The number of benzene rings is 3. The van der Waals surface area contributed by atoms with Gasteiger partial charge >= 0.3 is 0 Å². The Morgan fingerprint density at radius 2 is 1.25 bits per heavy atom. The van der Waals surface area contributed by atoms with Crippen molar-refractivity contribution in [3.8, 4) is 11.4 Å². The first-order valence-electron chi connectivity index (χ1n) is 8.84. The van der Waals surface area contributed by atoms with Crippen LogP contribution in [0.2, 0.25) is 0 Å². The quantitative estimate of drug-likeness (QED) is 0.409. The molecular weight excluding hydrogens is 348 g/mol. The second kappa shape index (κ2) is 8.55. The van der Waals surface area contributed by atoms with Gasteiger partial charge in [0.25, 0.3) is 5.95 Å². The van der Waals surface area contributed by atoms with Crippen LogP contribution in [0.4, 0.5) is 5.95 Å². The molecule has 0 amide bonds. The molecule has 1 heterocycles. The molecule has 3 aromatic carbocycles. The summed E-state index contributed by atoms with van der Waals surface area (Å²) >= 11 is 0. The second-order valence-corrected chi connectivity index (χ2v) is 5.96. The first kappa shape index (κ1) is 17.4. The molecule has 1 N–H and O–H groups in total. The van der Waals surface area contributed by atoms with E-state index in [1.807, 2.05) is 91.0 Å². The maximum absolute atomic E-state index is 4.57. The number of anilines is 1. The van der Waals surface area contributed by atoms with E-state index >= 15 is 0 Å². The minimum Gasteiger partial charge on any atom is -0.244 e. The van der Waals surface area contributed by atoms with Crippen molar-refractivity contribution in [2.75, 3.05) is 5.43 Å². The highest BCUT2D eigenvalue weighted by atomic mass is 15.5. The monoisotopic (exact) mass is 366 g/mol. The summed E-state index contributed by atoms with van der Waals surface area (Å²) in [5.74, 6) is 1.06. The molecule has 1 aromatic heterocycles. The molecule has 0 fully saturated rings. The summed E-state index contributed by atoms with van der Waals surface area (Å²) in [5, 5.41) is 17.3. The molecule has 0 atom stereocenters. The number of hydrogen-bond donors (Lipinski definition) is 1. The standard InChI is InChI=1S/C22H18N6/c1-4-10-18(11-5-1)16-23-26-22-27-25-21(20-14-8-3-9-15-20)28(22)24-17-19-12-6-2-7-13-19/h1-17H,(H,26,27)/b23-16-,24-17-. The molecule has 4 aromatic rings. The van der Waals surface area contributed by atoms with Gasteiger partial charge in [-0.3, -0.25) is 0 Å². The molecule has 0 aliphatic heterocycles. The van der Waals surface area contributed by atoms with Crippen molar-refractivity contribution in [2.45, 2.75) is 0 Å². The Kier molecular flexibility index (Phi) is 5.30. The van der Waals surface area contributed by atoms with Crippen molar-refractivity contribution in [3.05, 3.63) is 102 Å². The zero-order valence-corrected chi connectivity index (χ0v) is 15.1. The van der Waals surface area contributed by atoms with Crippen LogP contribution in [0.25, 0.3) is 11.4 Å². The topological polar surface area (TPSA) is 67.5 Å². The zero-order valence-electron chi connectivity index (χ0n) is 15.1. The van der Waals surface area contributed by atoms with Crippen LogP contribution in [-0.4, -0.2) is 27.3 Å². The van der Waals surface area contributed by atoms with Crippen molar-refractivity contribution >= 4 is 18.4 Å². The number of rotatable bonds is 6. The third kappa shape index (κ3) is 4.19. The molecular formula is C22H18N6. The summed E-state index contributed by atoms with van der Waals surface area (Å²) in [4.78, 5) is 0. The molecule has 4 rings (SSSR count). The molecule has 0 saturated heterocycles. The van der Waals surface area contributed by atoms with Crippen LogP contribution in [0.15, 0.2) is 101 Å². The summed E-state index contributed by atoms with van der Waals surface area (Å²) in [7, 11) is 0. The van der Waals surface area contributed by atoms with Gasteiger partial charge in [-0.05, 0) is 11.1 Å². The highest BCUT2D eigenvalue weighted by Crippen LogP contribution is 2.20. The van der Waals surface area contributed by atoms with Crippen molar-refractivity contribution < 1.29 is 0 Å². The first-order valence-corrected chi connectivity index (χ1v) is 8.84. The lowest BCUT2D eigenvalue weighted by Crippen LogP contribution is -2.01. The van der Waals surface area contributed by atoms with Crippen LogP contribution in [0.3, 0.4) is 0 Å². The van der Waals surface area contributed by atoms with Gasteiger partial charge in [-0.25, -0.2) is 5.43 Å². The maximum atomic E-state index is 4.57. The highest BCUT2D eigenvalue weighted by Gasteiger charge is 2.12. The summed E-state index contributed by atoms with van der Waals surface area (Å²) in [6.45, 7) is 0. The number of nitrogens with one attached hydrogen (secondary N) is 1. The van der Waals surface area contributed by atoms with E-state index in [1.54, 1.807) is 17.1 Å². The minimum atomic E-state index is 0.429. The van der Waals surface area contributed by atoms with Gasteiger partial charge in [-0.15, -0.1) is 10.2 Å². The molecule has 0 aliphatic carbocycles. The fourth-order valence-corrected chi connectivity index (χ4v) is 2.59. The van der Waals surface area contributed by atoms with E-state index in [9.17, 15) is 0 Å². The fraction of sp³-hybridized carbons (Fsp3) is 0. The summed E-state index contributed by atoms with van der Waals surface area (Å²) in [6.07, 6.45) is 3.49. The zero-order chi connectivity index (χ0) is 19.0. The number of nitrogens with zero attached hydrogens (tertiary/aromatic N) is 5. The normalized spacial score (nSPS) is 11.3. The van der Waals surface area contributed by atoms with Gasteiger partial charge in [-0.2, -0.15) is 14.9 Å². The third-order valence-electron chi connectivity index (χ3n) is 3.97. The summed E-state index contributed by atoms with van der Waals surface area (Å²) < 4.78 is 1.64. The molecule has 136 valence electrons. The molecule has 0 saturated carbocycles. The van der Waals surface area contributed by atoms with Crippen molar-refractivity contribution in [3.63, 3.8) is 0 Å². The Balaban J connectivity index is 1.65. The van der Waals surface area contributed by atoms with Crippen molar-refractivity contribution in [2.24, 2.45) is 10.2 Å². The van der Waals surface area contributed by atoms with E-state index in [-0.39, 0.29) is 0 Å². The van der Waals surface area contributed by atoms with Crippen LogP contribution >= 0.6 is 0 Å². The molecule has 6 heteroatoms. The second-order valence-electron chi connectivity index (χ2n) is 5.96. The lowest BCUT2D eigenvalue weighted by Gasteiger charge is -2.04. The first-order chi connectivity index (χ1) is 13.9. The Morgan fingerprint density at radius 1 is 0.679 bits per heavy atom. The van der Waals surface area contributed by atoms with E-state index in [2.05, 4.69) is 25.8 Å². The number of hydrogen-bond acceptors (Lipinski definition) is 5. The van der Waals surface area contributed by atoms with Crippen LogP contribution < -0.4 is 5.43 Å². The van der Waals surface area contributed by atoms with Crippen LogP contribution in [-0.2, 0) is 0 Å². The molecule has 6 nitrogen and oxygen atoms in total. The predicted octanol–water partition coefficient (Wildman–Crippen LogP) is 4.27. The van der Waals surface area contributed by atoms with E-state index in [0.717, 1.165) is 16.7 Å². The predicted molar refractivity (Wildman–Crippen MR) is 113 cm³/mol. The van der Waals surface area contributed by atoms with Gasteiger partial charge in [-0.1, -0.05) is 91.0 Å². The minimum absolute atomic E-state index is 0.429. The molecule has 0 unspecified atom stereocenters. The Morgan fingerprint density at radius 3 is 1.89 bits per heavy atom. The van der Waals surface area contributed by atoms with Gasteiger partial charge in [0, 0.05) is 5.56 Å². The lowest BCUT2D eigenvalue weighted by atomic mass is 10.2. The molecule has 28 heavy (non-hydrogen) atoms. The third-order valence-corrected chi connectivity index (χ3v) is 3.97. The van der Waals surface area contributed by atoms with E-state index in [1.165, 1.54) is 0 Å². The van der Waals surface area contributed by atoms with Gasteiger partial charge in [0.15, 0.2) is 5.82 Å². The van der Waals surface area contributed by atoms with Crippen LogP contribution in [0.1, 0.15) is 11.1 Å². The molecule has 0 spiro atoms. The SMILES string of the molecule is C(=N/Nc1nnc(-c2ccccc2)n1/N=C\c1ccccc1)/c1ccccc1. The van der Waals surface area contributed by atoms with Gasteiger partial charge < -0.3 is 0 Å². The number of hydrazone groups is 1. The highest BCUT2D eigenvalue weighted by molar-refractivity contribution is 5.80. The lowest BCUT2D eigenvalue weighted by molar-refractivity contribution is 0.888. The maximum Gasteiger partial charge on any atom is 0.266 e. The van der Waals surface area contributed by atoms with Gasteiger partial charge in [0.1, 0.15) is 0 Å². The van der Waals surface area contributed by atoms with Crippen LogP contribution in [0, 0.1) is 0 Å². The molecule has 0 aliphatic rings. The van der Waals surface area contributed by atoms with E-state index in [4.69, 9.17) is 0 Å². The summed E-state index contributed by atoms with van der Waals surface area (Å²) in [6, 6.07) is 29.5. The smallest absolute Gasteiger partial charge is 0.244 e. The summed E-state index contributed by atoms with van der Waals surface area (Å²) in [5.41, 5.74) is 5.81. The van der Waals surface area contributed by atoms with Gasteiger partial charge in [0.2, 0.25) is 0 Å². The number of aromatic nitrogens is 3. The van der Waals surface area contributed by atoms with E-state index in [0.29, 0.717) is 11.8 Å².